The predicted molar refractivity (Wildman–Crippen MR) is 92.8 cm³/mol. The van der Waals surface area contributed by atoms with Crippen molar-refractivity contribution in [1.29, 1.82) is 0 Å². The van der Waals surface area contributed by atoms with E-state index in [1.807, 2.05) is 30.3 Å². The Morgan fingerprint density at radius 3 is 2.92 bits per heavy atom. The highest BCUT2D eigenvalue weighted by atomic mass is 32.1. The van der Waals surface area contributed by atoms with Gasteiger partial charge in [-0.1, -0.05) is 17.3 Å². The molecule has 1 aliphatic rings. The lowest BCUT2D eigenvalue weighted by atomic mass is 10.1. The number of carbonyl (C=O) groups is 1. The van der Waals surface area contributed by atoms with Crippen molar-refractivity contribution in [3.8, 4) is 0 Å². The van der Waals surface area contributed by atoms with Crippen LogP contribution in [0.4, 0.5) is 0 Å². The van der Waals surface area contributed by atoms with E-state index in [0.717, 1.165) is 44.9 Å². The maximum Gasteiger partial charge on any atom is 0.303 e. The molecule has 0 bridgehead atoms. The Hall–Kier alpha value is -2.47. The maximum absolute atomic E-state index is 11.0. The van der Waals surface area contributed by atoms with Crippen LogP contribution in [0.15, 0.2) is 35.1 Å². The summed E-state index contributed by atoms with van der Waals surface area (Å²) in [6, 6.07) is 7.94. The molecule has 5 nitrogen and oxygen atoms in total. The fourth-order valence-corrected chi connectivity index (χ4v) is 3.72. The van der Waals surface area contributed by atoms with E-state index in [9.17, 15) is 4.79 Å². The summed E-state index contributed by atoms with van der Waals surface area (Å²) in [5.41, 5.74) is 3.77. The van der Waals surface area contributed by atoms with Crippen molar-refractivity contribution in [1.82, 2.24) is 10.1 Å². The van der Waals surface area contributed by atoms with Gasteiger partial charge in [0.2, 0.25) is 0 Å². The predicted octanol–water partition coefficient (Wildman–Crippen LogP) is 4.57. The topological polar surface area (TPSA) is 76.2 Å². The number of aliphatic carboxylic acids is 1. The summed E-state index contributed by atoms with van der Waals surface area (Å²) in [6.07, 6.45) is 6.42. The molecular weight excluding hydrogens is 324 g/mol. The molecule has 122 valence electrons. The van der Waals surface area contributed by atoms with Gasteiger partial charge in [0.15, 0.2) is 0 Å². The van der Waals surface area contributed by atoms with Crippen molar-refractivity contribution in [2.24, 2.45) is 0 Å². The number of carboxylic acids is 1. The van der Waals surface area contributed by atoms with Crippen LogP contribution in [0.25, 0.3) is 21.9 Å². The Balaban J connectivity index is 1.73. The molecule has 0 radical (unpaired) electrons. The molecule has 1 aromatic carbocycles. The largest absolute Gasteiger partial charge is 0.481 e. The lowest BCUT2D eigenvalue weighted by Crippen LogP contribution is -1.96. The van der Waals surface area contributed by atoms with Gasteiger partial charge < -0.3 is 9.63 Å². The second-order valence-corrected chi connectivity index (χ2v) is 7.01. The minimum atomic E-state index is -0.810. The van der Waals surface area contributed by atoms with Crippen LogP contribution >= 0.6 is 11.3 Å². The lowest BCUT2D eigenvalue weighted by molar-refractivity contribution is -0.136. The Kier molecular flexibility index (Phi) is 3.90. The van der Waals surface area contributed by atoms with Crippen LogP contribution in [0.5, 0.6) is 0 Å². The minimum absolute atomic E-state index is 0.0752. The standard InChI is InChI=1S/C18H16N2O3S/c21-16(22)8-7-12(9-13-10-23-20-17(13)11-5-6-11)18-19-14-3-1-2-4-15(14)24-18/h1-4,9-11H,5-8H2,(H,21,22)/b12-9+. The molecule has 0 unspecified atom stereocenters. The molecule has 1 fully saturated rings. The first-order chi connectivity index (χ1) is 11.7. The van der Waals surface area contributed by atoms with Crippen LogP contribution in [0.1, 0.15) is 47.9 Å². The number of aromatic nitrogens is 2. The number of hydrogen-bond acceptors (Lipinski definition) is 5. The highest BCUT2D eigenvalue weighted by molar-refractivity contribution is 7.19. The maximum atomic E-state index is 11.0. The number of allylic oxidation sites excluding steroid dienone is 1. The second-order valence-electron chi connectivity index (χ2n) is 5.98. The Bertz CT molecular complexity index is 888. The van der Waals surface area contributed by atoms with Crippen molar-refractivity contribution in [3.05, 3.63) is 46.8 Å². The van der Waals surface area contributed by atoms with E-state index in [4.69, 9.17) is 9.63 Å². The number of hydrogen-bond donors (Lipinski definition) is 1. The second kappa shape index (κ2) is 6.20. The Morgan fingerprint density at radius 2 is 2.17 bits per heavy atom. The van der Waals surface area contributed by atoms with Gasteiger partial charge in [0, 0.05) is 17.9 Å². The van der Waals surface area contributed by atoms with E-state index in [1.165, 1.54) is 0 Å². The highest BCUT2D eigenvalue weighted by Gasteiger charge is 2.29. The molecule has 6 heteroatoms. The number of fused-ring (bicyclic) bond motifs is 1. The van der Waals surface area contributed by atoms with Crippen molar-refractivity contribution >= 4 is 39.2 Å². The van der Waals surface area contributed by atoms with Gasteiger partial charge in [0.1, 0.15) is 11.3 Å². The summed E-state index contributed by atoms with van der Waals surface area (Å²) in [7, 11) is 0. The number of thiazole rings is 1. The molecule has 0 aliphatic heterocycles. The number of rotatable bonds is 6. The molecule has 1 aliphatic carbocycles. The highest BCUT2D eigenvalue weighted by Crippen LogP contribution is 2.42. The smallest absolute Gasteiger partial charge is 0.303 e. The van der Waals surface area contributed by atoms with Gasteiger partial charge in [-0.25, -0.2) is 4.98 Å². The first kappa shape index (κ1) is 15.1. The molecular formula is C18H16N2O3S. The van der Waals surface area contributed by atoms with E-state index < -0.39 is 5.97 Å². The molecule has 0 spiro atoms. The van der Waals surface area contributed by atoms with Gasteiger partial charge in [0.05, 0.1) is 15.9 Å². The average Bonchev–Trinajstić information content (AvgIpc) is 3.15. The molecule has 0 atom stereocenters. The SMILES string of the molecule is O=C(O)CC/C(=C\c1conc1C1CC1)c1nc2ccccc2s1. The molecule has 0 saturated heterocycles. The summed E-state index contributed by atoms with van der Waals surface area (Å²) < 4.78 is 6.24. The Morgan fingerprint density at radius 1 is 1.33 bits per heavy atom. The van der Waals surface area contributed by atoms with Gasteiger partial charge in [0.25, 0.3) is 0 Å². The fourth-order valence-electron chi connectivity index (χ4n) is 2.71. The Labute approximate surface area is 142 Å². The molecule has 3 aromatic rings. The van der Waals surface area contributed by atoms with Crippen molar-refractivity contribution in [2.75, 3.05) is 0 Å². The molecule has 1 saturated carbocycles. The zero-order valence-electron chi connectivity index (χ0n) is 12.9. The van der Waals surface area contributed by atoms with Crippen LogP contribution in [-0.4, -0.2) is 21.2 Å². The van der Waals surface area contributed by atoms with Crippen LogP contribution < -0.4 is 0 Å². The summed E-state index contributed by atoms with van der Waals surface area (Å²) >= 11 is 1.59. The normalized spacial score (nSPS) is 15.1. The molecule has 2 heterocycles. The van der Waals surface area contributed by atoms with Crippen molar-refractivity contribution < 1.29 is 14.4 Å². The van der Waals surface area contributed by atoms with Crippen LogP contribution in [-0.2, 0) is 4.79 Å². The zero-order valence-corrected chi connectivity index (χ0v) is 13.8. The lowest BCUT2D eigenvalue weighted by Gasteiger charge is -2.02. The summed E-state index contributed by atoms with van der Waals surface area (Å²) in [6.45, 7) is 0. The van der Waals surface area contributed by atoms with Crippen LogP contribution in [0, 0.1) is 0 Å². The van der Waals surface area contributed by atoms with Gasteiger partial charge in [-0.05, 0) is 43.0 Å². The van der Waals surface area contributed by atoms with Crippen LogP contribution in [0.3, 0.4) is 0 Å². The van der Waals surface area contributed by atoms with Crippen molar-refractivity contribution in [3.63, 3.8) is 0 Å². The zero-order chi connectivity index (χ0) is 16.5. The van der Waals surface area contributed by atoms with Crippen molar-refractivity contribution in [2.45, 2.75) is 31.6 Å². The fraction of sp³-hybridized carbons (Fsp3) is 0.278. The minimum Gasteiger partial charge on any atom is -0.481 e. The first-order valence-corrected chi connectivity index (χ1v) is 8.75. The van der Waals surface area contributed by atoms with Gasteiger partial charge in [-0.2, -0.15) is 0 Å². The quantitative estimate of drug-likeness (QED) is 0.711. The molecule has 24 heavy (non-hydrogen) atoms. The number of benzene rings is 1. The number of nitrogens with zero attached hydrogens (tertiary/aromatic N) is 2. The third-order valence-corrected chi connectivity index (χ3v) is 5.21. The summed E-state index contributed by atoms with van der Waals surface area (Å²) in [5, 5.41) is 14.0. The number of para-hydroxylation sites is 1. The van der Waals surface area contributed by atoms with E-state index >= 15 is 0 Å². The molecule has 2 aromatic heterocycles. The first-order valence-electron chi connectivity index (χ1n) is 7.93. The van der Waals surface area contributed by atoms with Gasteiger partial charge in [-0.15, -0.1) is 11.3 Å². The third kappa shape index (κ3) is 3.10. The third-order valence-electron chi connectivity index (χ3n) is 4.10. The number of carboxylic acid groups (broad SMARTS) is 1. The van der Waals surface area contributed by atoms with Gasteiger partial charge in [-0.3, -0.25) is 4.79 Å². The van der Waals surface area contributed by atoms with E-state index in [2.05, 4.69) is 10.1 Å². The summed E-state index contributed by atoms with van der Waals surface area (Å²) in [4.78, 5) is 15.7. The summed E-state index contributed by atoms with van der Waals surface area (Å²) in [5.74, 6) is -0.333. The molecule has 0 amide bonds. The average molecular weight is 340 g/mol. The van der Waals surface area contributed by atoms with E-state index in [0.29, 0.717) is 12.3 Å². The van der Waals surface area contributed by atoms with Gasteiger partial charge >= 0.3 is 5.97 Å². The van der Waals surface area contributed by atoms with E-state index in [-0.39, 0.29) is 6.42 Å². The molecule has 1 N–H and O–H groups in total. The monoisotopic (exact) mass is 340 g/mol. The van der Waals surface area contributed by atoms with Crippen LogP contribution in [0.2, 0.25) is 0 Å². The molecule has 4 rings (SSSR count). The van der Waals surface area contributed by atoms with E-state index in [1.54, 1.807) is 17.6 Å².